The van der Waals surface area contributed by atoms with Crippen LogP contribution < -0.4 is 0 Å². The molecule has 1 atom stereocenters. The maximum atomic E-state index is 10.4. The number of carboxylic acid groups (broad SMARTS) is 1. The van der Waals surface area contributed by atoms with Gasteiger partial charge in [0.05, 0.1) is 6.10 Å². The lowest BCUT2D eigenvalue weighted by molar-refractivity contribution is -0.137. The van der Waals surface area contributed by atoms with Gasteiger partial charge in [0.1, 0.15) is 0 Å². The van der Waals surface area contributed by atoms with Gasteiger partial charge < -0.3 is 10.2 Å². The van der Waals surface area contributed by atoms with Gasteiger partial charge in [0, 0.05) is 6.42 Å². The van der Waals surface area contributed by atoms with Crippen LogP contribution in [0.1, 0.15) is 122 Å². The van der Waals surface area contributed by atoms with Crippen LogP contribution >= 0.6 is 0 Å². The first-order chi connectivity index (χ1) is 12.7. The molecule has 0 aromatic carbocycles. The highest BCUT2D eigenvalue weighted by Gasteiger charge is 2.01. The molecule has 154 valence electrons. The van der Waals surface area contributed by atoms with E-state index in [-0.39, 0.29) is 6.10 Å². The van der Waals surface area contributed by atoms with Crippen LogP contribution in [0.5, 0.6) is 0 Å². The zero-order valence-corrected chi connectivity index (χ0v) is 17.3. The second kappa shape index (κ2) is 20.5. The Morgan fingerprint density at radius 2 is 1.31 bits per heavy atom. The van der Waals surface area contributed by atoms with Gasteiger partial charge in [-0.05, 0) is 32.1 Å². The Labute approximate surface area is 162 Å². The lowest BCUT2D eigenvalue weighted by atomic mass is 10.0. The van der Waals surface area contributed by atoms with Crippen molar-refractivity contribution in [1.82, 2.24) is 0 Å². The van der Waals surface area contributed by atoms with E-state index in [1.807, 2.05) is 0 Å². The molecule has 0 spiro atoms. The van der Waals surface area contributed by atoms with E-state index in [0.29, 0.717) is 6.42 Å². The van der Waals surface area contributed by atoms with Crippen molar-refractivity contribution in [3.8, 4) is 0 Å². The summed E-state index contributed by atoms with van der Waals surface area (Å²) < 4.78 is 0. The van der Waals surface area contributed by atoms with E-state index in [1.165, 1.54) is 51.4 Å². The number of hydrogen-bond donors (Lipinski definition) is 2. The second-order valence-corrected chi connectivity index (χ2v) is 7.68. The molecule has 0 rings (SSSR count). The molecule has 3 nitrogen and oxygen atoms in total. The van der Waals surface area contributed by atoms with Crippen molar-refractivity contribution in [2.24, 2.45) is 0 Å². The van der Waals surface area contributed by atoms with Crippen LogP contribution in [0.2, 0.25) is 0 Å². The van der Waals surface area contributed by atoms with Gasteiger partial charge in [0.2, 0.25) is 0 Å². The van der Waals surface area contributed by atoms with Gasteiger partial charge in [-0.3, -0.25) is 4.79 Å². The third kappa shape index (κ3) is 21.2. The summed E-state index contributed by atoms with van der Waals surface area (Å²) in [4.78, 5) is 10.4. The summed E-state index contributed by atoms with van der Waals surface area (Å²) in [6, 6.07) is 0. The van der Waals surface area contributed by atoms with Crippen LogP contribution in [0.15, 0.2) is 12.2 Å². The van der Waals surface area contributed by atoms with Crippen molar-refractivity contribution < 1.29 is 15.0 Å². The number of aliphatic hydroxyl groups is 1. The van der Waals surface area contributed by atoms with Crippen molar-refractivity contribution in [3.05, 3.63) is 12.2 Å². The number of aliphatic carboxylic acids is 1. The van der Waals surface area contributed by atoms with Gasteiger partial charge >= 0.3 is 5.97 Å². The summed E-state index contributed by atoms with van der Waals surface area (Å²) in [6.07, 6.45) is 24.5. The van der Waals surface area contributed by atoms with Crippen LogP contribution in [-0.2, 0) is 4.79 Å². The first-order valence-electron chi connectivity index (χ1n) is 11.2. The van der Waals surface area contributed by atoms with E-state index < -0.39 is 5.97 Å². The van der Waals surface area contributed by atoms with Crippen LogP contribution in [0, 0.1) is 0 Å². The Morgan fingerprint density at radius 1 is 0.769 bits per heavy atom. The van der Waals surface area contributed by atoms with E-state index in [2.05, 4.69) is 19.1 Å². The number of hydrogen-bond acceptors (Lipinski definition) is 2. The standard InChI is InChI=1S/C23H44O3/c1-2-3-4-5-6-7-8-9-10-13-16-19-22(24)20-17-14-11-12-15-18-21-23(25)26/h13,16,22,24H,2-12,14-15,17-21H2,1H3,(H,25,26). The summed E-state index contributed by atoms with van der Waals surface area (Å²) in [6.45, 7) is 2.26. The largest absolute Gasteiger partial charge is 0.481 e. The molecule has 1 unspecified atom stereocenters. The molecule has 0 bridgehead atoms. The van der Waals surface area contributed by atoms with E-state index >= 15 is 0 Å². The summed E-state index contributed by atoms with van der Waals surface area (Å²) in [7, 11) is 0. The van der Waals surface area contributed by atoms with Crippen molar-refractivity contribution >= 4 is 5.97 Å². The Morgan fingerprint density at radius 3 is 1.92 bits per heavy atom. The monoisotopic (exact) mass is 368 g/mol. The average Bonchev–Trinajstić information content (AvgIpc) is 2.61. The van der Waals surface area contributed by atoms with E-state index in [0.717, 1.165) is 57.8 Å². The first-order valence-corrected chi connectivity index (χ1v) is 11.2. The molecule has 0 aliphatic carbocycles. The van der Waals surface area contributed by atoms with Gasteiger partial charge in [-0.2, -0.15) is 0 Å². The molecule has 26 heavy (non-hydrogen) atoms. The topological polar surface area (TPSA) is 57.5 Å². The SMILES string of the molecule is CCCCCCCCCCC=CCC(O)CCCCCCCCC(=O)O. The minimum Gasteiger partial charge on any atom is -0.481 e. The normalized spacial score (nSPS) is 12.7. The molecular weight excluding hydrogens is 324 g/mol. The minimum absolute atomic E-state index is 0.197. The van der Waals surface area contributed by atoms with Gasteiger partial charge in [0.25, 0.3) is 0 Å². The smallest absolute Gasteiger partial charge is 0.303 e. The van der Waals surface area contributed by atoms with Crippen LogP contribution in [-0.4, -0.2) is 22.3 Å². The number of rotatable bonds is 20. The fraction of sp³-hybridized carbons (Fsp3) is 0.870. The van der Waals surface area contributed by atoms with Crippen molar-refractivity contribution in [3.63, 3.8) is 0 Å². The zero-order valence-electron chi connectivity index (χ0n) is 17.3. The highest BCUT2D eigenvalue weighted by Crippen LogP contribution is 2.12. The van der Waals surface area contributed by atoms with E-state index in [9.17, 15) is 9.90 Å². The lowest BCUT2D eigenvalue weighted by Crippen LogP contribution is -2.04. The maximum absolute atomic E-state index is 10.4. The predicted octanol–water partition coefficient (Wildman–Crippen LogP) is 7.03. The molecular formula is C23H44O3. The van der Waals surface area contributed by atoms with Crippen molar-refractivity contribution in [2.75, 3.05) is 0 Å². The summed E-state index contributed by atoms with van der Waals surface area (Å²) in [5, 5.41) is 18.5. The second-order valence-electron chi connectivity index (χ2n) is 7.68. The number of carboxylic acids is 1. The summed E-state index contributed by atoms with van der Waals surface area (Å²) >= 11 is 0. The molecule has 0 heterocycles. The third-order valence-corrected chi connectivity index (χ3v) is 4.98. The molecule has 0 aliphatic heterocycles. The number of unbranched alkanes of at least 4 members (excludes halogenated alkanes) is 13. The number of allylic oxidation sites excluding steroid dienone is 1. The molecule has 0 saturated carbocycles. The van der Waals surface area contributed by atoms with Gasteiger partial charge in [0.15, 0.2) is 0 Å². The lowest BCUT2D eigenvalue weighted by Gasteiger charge is -2.07. The molecule has 3 heteroatoms. The predicted molar refractivity (Wildman–Crippen MR) is 112 cm³/mol. The third-order valence-electron chi connectivity index (χ3n) is 4.98. The van der Waals surface area contributed by atoms with Gasteiger partial charge in [-0.15, -0.1) is 0 Å². The van der Waals surface area contributed by atoms with E-state index in [1.54, 1.807) is 0 Å². The number of carbonyl (C=O) groups is 1. The highest BCUT2D eigenvalue weighted by molar-refractivity contribution is 5.66. The first kappa shape index (κ1) is 25.2. The molecule has 2 N–H and O–H groups in total. The van der Waals surface area contributed by atoms with E-state index in [4.69, 9.17) is 5.11 Å². The van der Waals surface area contributed by atoms with Crippen LogP contribution in [0.25, 0.3) is 0 Å². The van der Waals surface area contributed by atoms with Crippen molar-refractivity contribution in [1.29, 1.82) is 0 Å². The van der Waals surface area contributed by atoms with Crippen LogP contribution in [0.4, 0.5) is 0 Å². The summed E-state index contributed by atoms with van der Waals surface area (Å²) in [5.41, 5.74) is 0. The number of aliphatic hydroxyl groups excluding tert-OH is 1. The zero-order chi connectivity index (χ0) is 19.3. The van der Waals surface area contributed by atoms with Gasteiger partial charge in [-0.1, -0.05) is 96.1 Å². The highest BCUT2D eigenvalue weighted by atomic mass is 16.4. The molecule has 0 aromatic rings. The quantitative estimate of drug-likeness (QED) is 0.179. The van der Waals surface area contributed by atoms with Crippen molar-refractivity contribution in [2.45, 2.75) is 129 Å². The maximum Gasteiger partial charge on any atom is 0.303 e. The fourth-order valence-corrected chi connectivity index (χ4v) is 3.25. The Kier molecular flexibility index (Phi) is 19.8. The Bertz CT molecular complexity index is 325. The molecule has 0 aliphatic rings. The Hall–Kier alpha value is -0.830. The van der Waals surface area contributed by atoms with Crippen LogP contribution in [0.3, 0.4) is 0 Å². The Balaban J connectivity index is 3.26. The molecule has 0 aromatic heterocycles. The molecule has 0 fully saturated rings. The minimum atomic E-state index is -0.691. The molecule has 0 radical (unpaired) electrons. The van der Waals surface area contributed by atoms with Gasteiger partial charge in [-0.25, -0.2) is 0 Å². The molecule has 0 amide bonds. The molecule has 0 saturated heterocycles. The fourth-order valence-electron chi connectivity index (χ4n) is 3.25. The summed E-state index contributed by atoms with van der Waals surface area (Å²) in [5.74, 6) is -0.691. The average molecular weight is 369 g/mol.